The van der Waals surface area contributed by atoms with Crippen LogP contribution in [0.4, 0.5) is 0 Å². The third-order valence-corrected chi connectivity index (χ3v) is 6.18. The van der Waals surface area contributed by atoms with E-state index in [2.05, 4.69) is 4.90 Å². The molecule has 2 aliphatic heterocycles. The molecule has 2 heterocycles. The van der Waals surface area contributed by atoms with Gasteiger partial charge in [-0.15, -0.1) is 0 Å². The fourth-order valence-electron chi connectivity index (χ4n) is 3.55. The summed E-state index contributed by atoms with van der Waals surface area (Å²) in [6, 6.07) is 9.51. The molecule has 0 unspecified atom stereocenters. The zero-order chi connectivity index (χ0) is 17.2. The van der Waals surface area contributed by atoms with Crippen LogP contribution in [0.3, 0.4) is 0 Å². The molecule has 132 valence electrons. The summed E-state index contributed by atoms with van der Waals surface area (Å²) in [5, 5.41) is 0. The van der Waals surface area contributed by atoms with Gasteiger partial charge in [-0.3, -0.25) is 9.69 Å². The van der Waals surface area contributed by atoms with Crippen molar-refractivity contribution in [2.24, 2.45) is 0 Å². The van der Waals surface area contributed by atoms with Gasteiger partial charge in [0.2, 0.25) is 15.9 Å². The summed E-state index contributed by atoms with van der Waals surface area (Å²) in [5.74, 6) is 0.145. The topological polar surface area (TPSA) is 60.9 Å². The van der Waals surface area contributed by atoms with Gasteiger partial charge < -0.3 is 4.90 Å². The number of rotatable bonds is 4. The van der Waals surface area contributed by atoms with Crippen molar-refractivity contribution < 1.29 is 13.2 Å². The Morgan fingerprint density at radius 1 is 0.958 bits per heavy atom. The molecule has 1 aromatic carbocycles. The molecule has 1 atom stereocenters. The van der Waals surface area contributed by atoms with E-state index in [1.54, 1.807) is 0 Å². The summed E-state index contributed by atoms with van der Waals surface area (Å²) in [6.45, 7) is 3.68. The number of hydrogen-bond acceptors (Lipinski definition) is 4. The summed E-state index contributed by atoms with van der Waals surface area (Å²) in [6.07, 6.45) is 3.37. The lowest BCUT2D eigenvalue weighted by Gasteiger charge is -2.39. The van der Waals surface area contributed by atoms with E-state index < -0.39 is 10.0 Å². The van der Waals surface area contributed by atoms with Gasteiger partial charge in [0.05, 0.1) is 6.26 Å². The molecule has 3 rings (SSSR count). The maximum absolute atomic E-state index is 13.1. The maximum atomic E-state index is 13.1. The Morgan fingerprint density at radius 3 is 2.08 bits per heavy atom. The van der Waals surface area contributed by atoms with Gasteiger partial charge in [0, 0.05) is 39.3 Å². The van der Waals surface area contributed by atoms with Crippen LogP contribution in [0.5, 0.6) is 0 Å². The SMILES string of the molecule is CS(=O)(=O)N1CCN([C@H](C(=O)N2CCCC2)c2ccccc2)CC1. The molecule has 0 aliphatic carbocycles. The number of likely N-dealkylation sites (tertiary alicyclic amines) is 1. The van der Waals surface area contributed by atoms with Gasteiger partial charge in [0.15, 0.2) is 0 Å². The third kappa shape index (κ3) is 3.79. The molecule has 2 saturated heterocycles. The van der Waals surface area contributed by atoms with Crippen LogP contribution < -0.4 is 0 Å². The predicted molar refractivity (Wildman–Crippen MR) is 93.0 cm³/mol. The second kappa shape index (κ2) is 7.21. The quantitative estimate of drug-likeness (QED) is 0.810. The normalized spacial score (nSPS) is 21.8. The largest absolute Gasteiger partial charge is 0.341 e. The number of sulfonamides is 1. The summed E-state index contributed by atoms with van der Waals surface area (Å²) < 4.78 is 24.9. The van der Waals surface area contributed by atoms with Crippen molar-refractivity contribution in [3.63, 3.8) is 0 Å². The van der Waals surface area contributed by atoms with Gasteiger partial charge in [-0.1, -0.05) is 30.3 Å². The standard InChI is InChI=1S/C17H25N3O3S/c1-24(22,23)20-13-11-18(12-14-20)16(15-7-3-2-4-8-15)17(21)19-9-5-6-10-19/h2-4,7-8,16H,5-6,9-14H2,1H3/t16-/m0/s1. The van der Waals surface area contributed by atoms with E-state index >= 15 is 0 Å². The van der Waals surface area contributed by atoms with Crippen molar-refractivity contribution in [1.82, 2.24) is 14.1 Å². The van der Waals surface area contributed by atoms with Crippen LogP contribution in [0.2, 0.25) is 0 Å². The number of piperazine rings is 1. The van der Waals surface area contributed by atoms with Gasteiger partial charge in [-0.05, 0) is 18.4 Å². The second-order valence-corrected chi connectivity index (χ2v) is 8.53. The molecule has 6 nitrogen and oxygen atoms in total. The molecular formula is C17H25N3O3S. The zero-order valence-electron chi connectivity index (χ0n) is 14.1. The molecule has 1 aromatic rings. The minimum atomic E-state index is -3.16. The Hall–Kier alpha value is -1.44. The van der Waals surface area contributed by atoms with Crippen molar-refractivity contribution in [3.8, 4) is 0 Å². The van der Waals surface area contributed by atoms with Crippen LogP contribution in [0.25, 0.3) is 0 Å². The summed E-state index contributed by atoms with van der Waals surface area (Å²) >= 11 is 0. The fraction of sp³-hybridized carbons (Fsp3) is 0.588. The van der Waals surface area contributed by atoms with Gasteiger partial charge in [-0.25, -0.2) is 8.42 Å². The monoisotopic (exact) mass is 351 g/mol. The van der Waals surface area contributed by atoms with Crippen LogP contribution in [0, 0.1) is 0 Å². The Kier molecular flexibility index (Phi) is 5.22. The number of nitrogens with zero attached hydrogens (tertiary/aromatic N) is 3. The number of benzene rings is 1. The van der Waals surface area contributed by atoms with Gasteiger partial charge in [0.25, 0.3) is 0 Å². The number of hydrogen-bond donors (Lipinski definition) is 0. The maximum Gasteiger partial charge on any atom is 0.244 e. The highest BCUT2D eigenvalue weighted by Gasteiger charge is 2.35. The van der Waals surface area contributed by atoms with Crippen LogP contribution in [0.15, 0.2) is 30.3 Å². The Balaban J connectivity index is 1.79. The highest BCUT2D eigenvalue weighted by molar-refractivity contribution is 7.88. The Morgan fingerprint density at radius 2 is 1.54 bits per heavy atom. The number of carbonyl (C=O) groups is 1. The molecule has 0 radical (unpaired) electrons. The molecule has 0 N–H and O–H groups in total. The van der Waals surface area contributed by atoms with Gasteiger partial charge in [0.1, 0.15) is 6.04 Å². The first kappa shape index (κ1) is 17.4. The molecule has 0 saturated carbocycles. The summed E-state index contributed by atoms with van der Waals surface area (Å²) in [4.78, 5) is 17.1. The van der Waals surface area contributed by atoms with E-state index in [-0.39, 0.29) is 11.9 Å². The van der Waals surface area contributed by atoms with E-state index in [1.807, 2.05) is 35.2 Å². The first-order valence-electron chi connectivity index (χ1n) is 8.50. The Bertz CT molecular complexity index is 664. The van der Waals surface area contributed by atoms with Crippen molar-refractivity contribution in [3.05, 3.63) is 35.9 Å². The molecular weight excluding hydrogens is 326 g/mol. The summed E-state index contributed by atoms with van der Waals surface area (Å²) in [7, 11) is -3.16. The van der Waals surface area contributed by atoms with Gasteiger partial charge in [-0.2, -0.15) is 4.31 Å². The minimum absolute atomic E-state index is 0.145. The number of carbonyl (C=O) groups excluding carboxylic acids is 1. The molecule has 24 heavy (non-hydrogen) atoms. The lowest BCUT2D eigenvalue weighted by molar-refractivity contribution is -0.136. The van der Waals surface area contributed by atoms with E-state index in [0.717, 1.165) is 31.5 Å². The molecule has 2 fully saturated rings. The highest BCUT2D eigenvalue weighted by Crippen LogP contribution is 2.26. The molecule has 2 aliphatic rings. The molecule has 0 spiro atoms. The van der Waals surface area contributed by atoms with E-state index in [4.69, 9.17) is 0 Å². The van der Waals surface area contributed by atoms with E-state index in [0.29, 0.717) is 26.2 Å². The summed E-state index contributed by atoms with van der Waals surface area (Å²) in [5.41, 5.74) is 0.988. The average Bonchev–Trinajstić information content (AvgIpc) is 3.10. The van der Waals surface area contributed by atoms with Crippen LogP contribution >= 0.6 is 0 Å². The molecule has 1 amide bonds. The van der Waals surface area contributed by atoms with Crippen molar-refractivity contribution in [2.45, 2.75) is 18.9 Å². The Labute approximate surface area is 144 Å². The van der Waals surface area contributed by atoms with Crippen molar-refractivity contribution in [1.29, 1.82) is 0 Å². The van der Waals surface area contributed by atoms with Crippen LogP contribution in [-0.2, 0) is 14.8 Å². The van der Waals surface area contributed by atoms with Crippen molar-refractivity contribution in [2.75, 3.05) is 45.5 Å². The fourth-order valence-corrected chi connectivity index (χ4v) is 4.38. The average molecular weight is 351 g/mol. The number of amides is 1. The van der Waals surface area contributed by atoms with Crippen molar-refractivity contribution >= 4 is 15.9 Å². The third-order valence-electron chi connectivity index (χ3n) is 4.87. The van der Waals surface area contributed by atoms with Crippen LogP contribution in [-0.4, -0.2) is 74.0 Å². The predicted octanol–water partition coefficient (Wildman–Crippen LogP) is 0.927. The van der Waals surface area contributed by atoms with Crippen LogP contribution in [0.1, 0.15) is 24.4 Å². The molecule has 0 aromatic heterocycles. The minimum Gasteiger partial charge on any atom is -0.341 e. The lowest BCUT2D eigenvalue weighted by atomic mass is 10.0. The van der Waals surface area contributed by atoms with E-state index in [1.165, 1.54) is 10.6 Å². The second-order valence-electron chi connectivity index (χ2n) is 6.54. The van der Waals surface area contributed by atoms with E-state index in [9.17, 15) is 13.2 Å². The highest BCUT2D eigenvalue weighted by atomic mass is 32.2. The van der Waals surface area contributed by atoms with Gasteiger partial charge >= 0.3 is 0 Å². The first-order valence-corrected chi connectivity index (χ1v) is 10.3. The smallest absolute Gasteiger partial charge is 0.244 e. The lowest BCUT2D eigenvalue weighted by Crippen LogP contribution is -2.52. The molecule has 7 heteroatoms. The first-order chi connectivity index (χ1) is 11.5. The zero-order valence-corrected chi connectivity index (χ0v) is 14.9. The molecule has 0 bridgehead atoms.